The molecule has 0 aliphatic rings. The molecule has 0 radical (unpaired) electrons. The highest BCUT2D eigenvalue weighted by molar-refractivity contribution is 9.10. The number of rotatable bonds is 6. The molecule has 2 aromatic carbocycles. The smallest absolute Gasteiger partial charge is 0.251 e. The molecule has 4 heteroatoms. The molecule has 0 spiro atoms. The van der Waals surface area contributed by atoms with Crippen molar-refractivity contribution in [3.05, 3.63) is 69.7 Å². The molecule has 0 aliphatic carbocycles. The zero-order valence-electron chi connectivity index (χ0n) is 13.8. The van der Waals surface area contributed by atoms with Crippen LogP contribution < -0.4 is 5.32 Å². The SMILES string of the molecule is CC(C)N(C)Cc1ccccc1CNC(=O)c1cccc(Br)c1. The summed E-state index contributed by atoms with van der Waals surface area (Å²) in [6.07, 6.45) is 0. The lowest BCUT2D eigenvalue weighted by Gasteiger charge is -2.22. The van der Waals surface area contributed by atoms with Crippen molar-refractivity contribution in [2.24, 2.45) is 0 Å². The van der Waals surface area contributed by atoms with E-state index >= 15 is 0 Å². The van der Waals surface area contributed by atoms with Gasteiger partial charge >= 0.3 is 0 Å². The molecule has 0 aliphatic heterocycles. The highest BCUT2D eigenvalue weighted by Crippen LogP contribution is 2.14. The minimum absolute atomic E-state index is 0.0571. The summed E-state index contributed by atoms with van der Waals surface area (Å²) >= 11 is 3.39. The Kier molecular flexibility index (Phi) is 6.37. The number of hydrogen-bond donors (Lipinski definition) is 1. The van der Waals surface area contributed by atoms with E-state index in [4.69, 9.17) is 0 Å². The number of carbonyl (C=O) groups excluding carboxylic acids is 1. The van der Waals surface area contributed by atoms with Crippen molar-refractivity contribution in [2.75, 3.05) is 7.05 Å². The number of nitrogens with one attached hydrogen (secondary N) is 1. The second-order valence-corrected chi connectivity index (χ2v) is 6.89. The van der Waals surface area contributed by atoms with Gasteiger partial charge in [-0.1, -0.05) is 46.3 Å². The molecule has 0 heterocycles. The molecule has 122 valence electrons. The Morgan fingerprint density at radius 3 is 2.48 bits per heavy atom. The van der Waals surface area contributed by atoms with Gasteiger partial charge in [0, 0.05) is 29.2 Å². The lowest BCUT2D eigenvalue weighted by molar-refractivity contribution is 0.0950. The second-order valence-electron chi connectivity index (χ2n) is 5.97. The molecule has 23 heavy (non-hydrogen) atoms. The first-order chi connectivity index (χ1) is 11.0. The average Bonchev–Trinajstić information content (AvgIpc) is 2.53. The van der Waals surface area contributed by atoms with E-state index in [1.54, 1.807) is 0 Å². The molecular formula is C19H23BrN2O. The number of benzene rings is 2. The van der Waals surface area contributed by atoms with Crippen LogP contribution in [0.5, 0.6) is 0 Å². The van der Waals surface area contributed by atoms with E-state index < -0.39 is 0 Å². The van der Waals surface area contributed by atoms with Crippen molar-refractivity contribution in [1.82, 2.24) is 10.2 Å². The van der Waals surface area contributed by atoms with Gasteiger partial charge in [-0.3, -0.25) is 9.69 Å². The van der Waals surface area contributed by atoms with Gasteiger partial charge in [0.15, 0.2) is 0 Å². The quantitative estimate of drug-likeness (QED) is 0.820. The summed E-state index contributed by atoms with van der Waals surface area (Å²) < 4.78 is 0.907. The molecule has 2 aromatic rings. The van der Waals surface area contributed by atoms with Crippen LogP contribution >= 0.6 is 15.9 Å². The Bertz CT molecular complexity index is 670. The first-order valence-corrected chi connectivity index (χ1v) is 8.57. The van der Waals surface area contributed by atoms with Crippen molar-refractivity contribution in [2.45, 2.75) is 33.0 Å². The molecule has 1 N–H and O–H groups in total. The van der Waals surface area contributed by atoms with Crippen LogP contribution in [0.1, 0.15) is 35.3 Å². The molecule has 3 nitrogen and oxygen atoms in total. The maximum absolute atomic E-state index is 12.3. The highest BCUT2D eigenvalue weighted by atomic mass is 79.9. The van der Waals surface area contributed by atoms with Crippen molar-refractivity contribution in [1.29, 1.82) is 0 Å². The number of nitrogens with zero attached hydrogens (tertiary/aromatic N) is 1. The fraction of sp³-hybridized carbons (Fsp3) is 0.316. The third kappa shape index (κ3) is 5.19. The van der Waals surface area contributed by atoms with Gasteiger partial charge in [-0.15, -0.1) is 0 Å². The van der Waals surface area contributed by atoms with Crippen LogP contribution in [0.15, 0.2) is 53.0 Å². The Balaban J connectivity index is 2.04. The van der Waals surface area contributed by atoms with Gasteiger partial charge < -0.3 is 5.32 Å². The van der Waals surface area contributed by atoms with Gasteiger partial charge in [-0.05, 0) is 50.2 Å². The second kappa shape index (κ2) is 8.27. The Morgan fingerprint density at radius 1 is 1.13 bits per heavy atom. The van der Waals surface area contributed by atoms with Crippen LogP contribution in [0, 0.1) is 0 Å². The van der Waals surface area contributed by atoms with Gasteiger partial charge in [0.2, 0.25) is 0 Å². The molecule has 1 amide bonds. The van der Waals surface area contributed by atoms with Crippen molar-refractivity contribution in [3.63, 3.8) is 0 Å². The van der Waals surface area contributed by atoms with Crippen LogP contribution in [0.25, 0.3) is 0 Å². The zero-order valence-corrected chi connectivity index (χ0v) is 15.4. The van der Waals surface area contributed by atoms with Gasteiger partial charge in [0.25, 0.3) is 5.91 Å². The van der Waals surface area contributed by atoms with Crippen LogP contribution in [0.4, 0.5) is 0 Å². The van der Waals surface area contributed by atoms with E-state index in [0.717, 1.165) is 16.6 Å². The van der Waals surface area contributed by atoms with Gasteiger partial charge in [0.1, 0.15) is 0 Å². The average molecular weight is 375 g/mol. The minimum Gasteiger partial charge on any atom is -0.348 e. The van der Waals surface area contributed by atoms with E-state index in [2.05, 4.69) is 59.2 Å². The summed E-state index contributed by atoms with van der Waals surface area (Å²) in [5.41, 5.74) is 3.07. The molecule has 0 fully saturated rings. The van der Waals surface area contributed by atoms with Crippen molar-refractivity contribution < 1.29 is 4.79 Å². The predicted molar refractivity (Wildman–Crippen MR) is 98.4 cm³/mol. The molecule has 0 bridgehead atoms. The largest absolute Gasteiger partial charge is 0.348 e. The lowest BCUT2D eigenvalue weighted by atomic mass is 10.1. The van der Waals surface area contributed by atoms with Crippen molar-refractivity contribution in [3.8, 4) is 0 Å². The molecule has 0 atom stereocenters. The minimum atomic E-state index is -0.0571. The third-order valence-corrected chi connectivity index (χ3v) is 4.44. The maximum Gasteiger partial charge on any atom is 0.251 e. The van der Waals surface area contributed by atoms with E-state index in [0.29, 0.717) is 18.2 Å². The Labute approximate surface area is 146 Å². The van der Waals surface area contributed by atoms with E-state index in [-0.39, 0.29) is 5.91 Å². The number of halogens is 1. The maximum atomic E-state index is 12.3. The number of carbonyl (C=O) groups is 1. The van der Waals surface area contributed by atoms with Gasteiger partial charge in [0.05, 0.1) is 0 Å². The predicted octanol–water partition coefficient (Wildman–Crippen LogP) is 4.22. The molecular weight excluding hydrogens is 352 g/mol. The molecule has 0 saturated carbocycles. The topological polar surface area (TPSA) is 32.3 Å². The van der Waals surface area contributed by atoms with E-state index in [1.807, 2.05) is 36.4 Å². The molecule has 2 rings (SSSR count). The van der Waals surface area contributed by atoms with Crippen LogP contribution in [-0.2, 0) is 13.1 Å². The van der Waals surface area contributed by atoms with Crippen LogP contribution in [0.3, 0.4) is 0 Å². The fourth-order valence-corrected chi connectivity index (χ4v) is 2.64. The van der Waals surface area contributed by atoms with Gasteiger partial charge in [-0.25, -0.2) is 0 Å². The molecule has 0 unspecified atom stereocenters. The number of amides is 1. The summed E-state index contributed by atoms with van der Waals surface area (Å²) in [6.45, 7) is 5.77. The highest BCUT2D eigenvalue weighted by Gasteiger charge is 2.10. The first-order valence-electron chi connectivity index (χ1n) is 7.78. The zero-order chi connectivity index (χ0) is 16.8. The summed E-state index contributed by atoms with van der Waals surface area (Å²) in [7, 11) is 2.11. The normalized spacial score (nSPS) is 11.0. The standard InChI is InChI=1S/C19H23BrN2O/c1-14(2)22(3)13-17-8-5-4-7-16(17)12-21-19(23)15-9-6-10-18(20)11-15/h4-11,14H,12-13H2,1-3H3,(H,21,23). The van der Waals surface area contributed by atoms with Crippen LogP contribution in [-0.4, -0.2) is 23.9 Å². The Hall–Kier alpha value is -1.65. The fourth-order valence-electron chi connectivity index (χ4n) is 2.24. The Morgan fingerprint density at radius 2 is 1.83 bits per heavy atom. The van der Waals surface area contributed by atoms with E-state index in [1.165, 1.54) is 5.56 Å². The van der Waals surface area contributed by atoms with E-state index in [9.17, 15) is 4.79 Å². The summed E-state index contributed by atoms with van der Waals surface area (Å²) in [5.74, 6) is -0.0571. The summed E-state index contributed by atoms with van der Waals surface area (Å²) in [4.78, 5) is 14.6. The van der Waals surface area contributed by atoms with Gasteiger partial charge in [-0.2, -0.15) is 0 Å². The monoisotopic (exact) mass is 374 g/mol. The first kappa shape index (κ1) is 17.7. The number of hydrogen-bond acceptors (Lipinski definition) is 2. The van der Waals surface area contributed by atoms with Crippen molar-refractivity contribution >= 4 is 21.8 Å². The van der Waals surface area contributed by atoms with Crippen LogP contribution in [0.2, 0.25) is 0 Å². The molecule has 0 saturated heterocycles. The summed E-state index contributed by atoms with van der Waals surface area (Å²) in [5, 5.41) is 3.01. The lowest BCUT2D eigenvalue weighted by Crippen LogP contribution is -2.27. The third-order valence-electron chi connectivity index (χ3n) is 3.95. The summed E-state index contributed by atoms with van der Waals surface area (Å²) in [6, 6.07) is 16.2. The molecule has 0 aromatic heterocycles.